The number of aliphatic imine (C=N–C) groups is 2. The fourth-order valence-electron chi connectivity index (χ4n) is 2.79. The molecule has 242 valence electrons. The summed E-state index contributed by atoms with van der Waals surface area (Å²) >= 11 is 0. The van der Waals surface area contributed by atoms with Gasteiger partial charge in [0.15, 0.2) is 0 Å². The maximum Gasteiger partial charge on any atom is 0.119 e. The summed E-state index contributed by atoms with van der Waals surface area (Å²) in [5.74, 6) is 0.862. The highest BCUT2D eigenvalue weighted by atomic mass is 16.5. The maximum absolute atomic E-state index is 5.80. The lowest BCUT2D eigenvalue weighted by Gasteiger charge is -2.11. The van der Waals surface area contributed by atoms with E-state index in [0.717, 1.165) is 29.0 Å². The zero-order chi connectivity index (χ0) is 33.3. The van der Waals surface area contributed by atoms with Crippen molar-refractivity contribution in [3.63, 3.8) is 0 Å². The lowest BCUT2D eigenvalue weighted by molar-refractivity contribution is 0.306. The Balaban J connectivity index is 0.000000697. The molecule has 0 aromatic heterocycles. The first kappa shape index (κ1) is 40.5. The van der Waals surface area contributed by atoms with Gasteiger partial charge in [0.1, 0.15) is 12.4 Å². The van der Waals surface area contributed by atoms with Crippen molar-refractivity contribution in [2.75, 3.05) is 6.54 Å². The molecule has 1 saturated carbocycles. The molecule has 0 bridgehead atoms. The van der Waals surface area contributed by atoms with E-state index in [2.05, 4.69) is 68.5 Å². The summed E-state index contributed by atoms with van der Waals surface area (Å²) in [6.07, 6.45) is 12.6. The average Bonchev–Trinajstić information content (AvgIpc) is 3.89. The van der Waals surface area contributed by atoms with Crippen LogP contribution >= 0.6 is 0 Å². The van der Waals surface area contributed by atoms with Gasteiger partial charge in [-0.25, -0.2) is 0 Å². The van der Waals surface area contributed by atoms with Crippen molar-refractivity contribution in [2.24, 2.45) is 15.7 Å². The van der Waals surface area contributed by atoms with Gasteiger partial charge in [-0.3, -0.25) is 9.98 Å². The molecule has 0 radical (unpaired) electrons. The highest BCUT2D eigenvalue weighted by Crippen LogP contribution is 2.15. The van der Waals surface area contributed by atoms with Gasteiger partial charge < -0.3 is 10.5 Å². The second-order valence-electron chi connectivity index (χ2n) is 12.5. The van der Waals surface area contributed by atoms with E-state index in [-0.39, 0.29) is 11.1 Å². The number of ether oxygens (including phenoxy) is 1. The molecule has 0 heterocycles. The van der Waals surface area contributed by atoms with Gasteiger partial charge >= 0.3 is 0 Å². The summed E-state index contributed by atoms with van der Waals surface area (Å²) < 4.78 is 5.80. The Bertz CT molecular complexity index is 1140. The van der Waals surface area contributed by atoms with Gasteiger partial charge in [-0.2, -0.15) is 0 Å². The van der Waals surface area contributed by atoms with Crippen molar-refractivity contribution in [3.05, 3.63) is 108 Å². The minimum atomic E-state index is -0.0488. The van der Waals surface area contributed by atoms with Gasteiger partial charge in [0.2, 0.25) is 0 Å². The molecule has 1 fully saturated rings. The fourth-order valence-corrected chi connectivity index (χ4v) is 2.79. The van der Waals surface area contributed by atoms with Crippen LogP contribution in [0.15, 0.2) is 95.4 Å². The standard InChI is InChI=1S/C20H23NO.C11H15N.C4H11N.C3H6.C2H6/c1-5-16-6-8-18(9-7-16)15-22-19-12-10-17(11-13-19)14-21-20(2,3)4;1-2-3-9-12-10-11-7-5-4-6-8-11;1-4(2,3)5;1-2-3-1;1-2/h5-14H,1,15H2,2-4H3;4-8,10H,2-3,9H2,1H3;5H2,1-3H3;1-3H2;1-2H3. The highest BCUT2D eigenvalue weighted by Gasteiger charge is 2.04. The van der Waals surface area contributed by atoms with E-state index < -0.39 is 0 Å². The van der Waals surface area contributed by atoms with Crippen molar-refractivity contribution in [1.29, 1.82) is 0 Å². The summed E-state index contributed by atoms with van der Waals surface area (Å²) in [4.78, 5) is 8.80. The van der Waals surface area contributed by atoms with Gasteiger partial charge in [-0.05, 0) is 94.5 Å². The molecule has 0 unspecified atom stereocenters. The Kier molecular flexibility index (Phi) is 22.0. The third-order valence-corrected chi connectivity index (χ3v) is 5.14. The van der Waals surface area contributed by atoms with Crippen molar-refractivity contribution in [3.8, 4) is 5.75 Å². The quantitative estimate of drug-likeness (QED) is 0.196. The van der Waals surface area contributed by atoms with Gasteiger partial charge in [0.05, 0.1) is 5.54 Å². The third-order valence-electron chi connectivity index (χ3n) is 5.14. The molecule has 0 saturated heterocycles. The zero-order valence-corrected chi connectivity index (χ0v) is 29.3. The second-order valence-corrected chi connectivity index (χ2v) is 12.5. The van der Waals surface area contributed by atoms with Crippen LogP contribution in [0.5, 0.6) is 5.75 Å². The number of unbranched alkanes of at least 4 members (excludes halogenated alkanes) is 1. The van der Waals surface area contributed by atoms with Crippen molar-refractivity contribution in [2.45, 2.75) is 112 Å². The number of hydrogen-bond donors (Lipinski definition) is 1. The predicted molar refractivity (Wildman–Crippen MR) is 198 cm³/mol. The van der Waals surface area contributed by atoms with Crippen LogP contribution in [-0.2, 0) is 6.61 Å². The molecule has 0 spiro atoms. The molecule has 2 N–H and O–H groups in total. The molecule has 44 heavy (non-hydrogen) atoms. The van der Waals surface area contributed by atoms with E-state index >= 15 is 0 Å². The molecule has 4 rings (SSSR count). The van der Waals surface area contributed by atoms with E-state index in [1.165, 1.54) is 37.7 Å². The fraction of sp³-hybridized carbons (Fsp3) is 0.450. The molecule has 0 amide bonds. The molecule has 1 aliphatic rings. The minimum absolute atomic E-state index is 0. The van der Waals surface area contributed by atoms with Gasteiger partial charge in [0, 0.05) is 24.5 Å². The molecule has 0 atom stereocenters. The first-order valence-electron chi connectivity index (χ1n) is 16.2. The van der Waals surface area contributed by atoms with Crippen molar-refractivity contribution >= 4 is 18.5 Å². The Labute approximate surface area is 270 Å². The molecule has 4 nitrogen and oxygen atoms in total. The number of nitrogens with zero attached hydrogens (tertiary/aromatic N) is 2. The van der Waals surface area contributed by atoms with E-state index in [9.17, 15) is 0 Å². The molecular formula is C40H61N3O. The summed E-state index contributed by atoms with van der Waals surface area (Å²) in [6, 6.07) is 26.4. The minimum Gasteiger partial charge on any atom is -0.489 e. The topological polar surface area (TPSA) is 60.0 Å². The molecule has 3 aromatic rings. The average molecular weight is 600 g/mol. The molecule has 1 aliphatic carbocycles. The summed E-state index contributed by atoms with van der Waals surface area (Å²) in [7, 11) is 0. The Morgan fingerprint density at radius 3 is 1.70 bits per heavy atom. The first-order chi connectivity index (χ1) is 20.9. The molecule has 3 aromatic carbocycles. The van der Waals surface area contributed by atoms with Crippen molar-refractivity contribution < 1.29 is 4.74 Å². The third kappa shape index (κ3) is 27.3. The van der Waals surface area contributed by atoms with E-state index in [1.807, 2.05) is 108 Å². The van der Waals surface area contributed by atoms with E-state index in [1.54, 1.807) is 0 Å². The molecule has 4 heteroatoms. The van der Waals surface area contributed by atoms with E-state index in [0.29, 0.717) is 6.61 Å². The van der Waals surface area contributed by atoms with Crippen LogP contribution in [0.3, 0.4) is 0 Å². The zero-order valence-electron chi connectivity index (χ0n) is 29.3. The van der Waals surface area contributed by atoms with Gasteiger partial charge in [0.25, 0.3) is 0 Å². The first-order valence-corrected chi connectivity index (χ1v) is 16.2. The van der Waals surface area contributed by atoms with E-state index in [4.69, 9.17) is 10.5 Å². The van der Waals surface area contributed by atoms with Gasteiger partial charge in [-0.15, -0.1) is 0 Å². The Morgan fingerprint density at radius 1 is 0.750 bits per heavy atom. The number of nitrogens with two attached hydrogens (primary N) is 1. The number of benzene rings is 3. The largest absolute Gasteiger partial charge is 0.489 e. The maximum atomic E-state index is 5.80. The monoisotopic (exact) mass is 599 g/mol. The summed E-state index contributed by atoms with van der Waals surface area (Å²) in [6.45, 7) is 23.6. The highest BCUT2D eigenvalue weighted by molar-refractivity contribution is 5.80. The Hall–Kier alpha value is -3.50. The SMILES string of the molecule is C1CC1.C=Cc1ccc(COc2ccc(C=NC(C)(C)C)cc2)cc1.CC.CC(C)(C)N.CCCCN=Cc1ccccc1. The molecular weight excluding hydrogens is 538 g/mol. The summed E-state index contributed by atoms with van der Waals surface area (Å²) in [5.41, 5.74) is 9.83. The van der Waals surface area contributed by atoms with Crippen LogP contribution in [0.2, 0.25) is 0 Å². The van der Waals surface area contributed by atoms with Crippen LogP contribution in [0.1, 0.15) is 117 Å². The predicted octanol–water partition coefficient (Wildman–Crippen LogP) is 11.0. The van der Waals surface area contributed by atoms with Crippen LogP contribution in [-0.4, -0.2) is 30.1 Å². The number of rotatable bonds is 9. The van der Waals surface area contributed by atoms with Crippen molar-refractivity contribution in [1.82, 2.24) is 0 Å². The van der Waals surface area contributed by atoms with Crippen LogP contribution in [0.4, 0.5) is 0 Å². The van der Waals surface area contributed by atoms with Crippen LogP contribution < -0.4 is 10.5 Å². The lowest BCUT2D eigenvalue weighted by Crippen LogP contribution is -2.26. The van der Waals surface area contributed by atoms with Crippen LogP contribution in [0, 0.1) is 0 Å². The normalized spacial score (nSPS) is 11.9. The smallest absolute Gasteiger partial charge is 0.119 e. The van der Waals surface area contributed by atoms with Gasteiger partial charge in [-0.1, -0.05) is 114 Å². The summed E-state index contributed by atoms with van der Waals surface area (Å²) in [5, 5.41) is 0. The number of hydrogen-bond acceptors (Lipinski definition) is 4. The Morgan fingerprint density at radius 2 is 1.25 bits per heavy atom. The lowest BCUT2D eigenvalue weighted by atomic mass is 10.1. The molecule has 0 aliphatic heterocycles. The van der Waals surface area contributed by atoms with Crippen LogP contribution in [0.25, 0.3) is 6.08 Å². The second kappa shape index (κ2) is 23.9.